The fraction of sp³-hybridized carbons (Fsp3) is 0.250. The third kappa shape index (κ3) is 4.10. The topological polar surface area (TPSA) is 55.9 Å². The van der Waals surface area contributed by atoms with Crippen LogP contribution in [0.15, 0.2) is 91.1 Å². The summed E-state index contributed by atoms with van der Waals surface area (Å²) in [4.78, 5) is 10.2. The number of fused-ring (bicyclic) bond motifs is 8. The number of nitrogens with zero attached hydrogens (tertiary/aromatic N) is 4. The van der Waals surface area contributed by atoms with Crippen LogP contribution < -0.4 is 0 Å². The largest absolute Gasteiger partial charge is 0.507 e. The van der Waals surface area contributed by atoms with E-state index in [0.717, 1.165) is 61.3 Å². The van der Waals surface area contributed by atoms with Gasteiger partial charge in [-0.1, -0.05) is 82.6 Å². The van der Waals surface area contributed by atoms with Crippen LogP contribution in [-0.4, -0.2) is 24.2 Å². The maximum absolute atomic E-state index is 11.2. The molecule has 46 heavy (non-hydrogen) atoms. The van der Waals surface area contributed by atoms with E-state index >= 15 is 0 Å². The molecule has 0 amide bonds. The van der Waals surface area contributed by atoms with Crippen LogP contribution in [0.3, 0.4) is 0 Å². The van der Waals surface area contributed by atoms with Crippen molar-refractivity contribution in [3.05, 3.63) is 108 Å². The summed E-state index contributed by atoms with van der Waals surface area (Å²) in [6.07, 6.45) is 1.86. The van der Waals surface area contributed by atoms with E-state index in [2.05, 4.69) is 130 Å². The fourth-order valence-electron chi connectivity index (χ4n) is 7.25. The van der Waals surface area contributed by atoms with Crippen LogP contribution in [0.2, 0.25) is 0 Å². The maximum Gasteiger partial charge on any atom is 0.144 e. The normalized spacial score (nSPS) is 15.1. The molecule has 1 aliphatic heterocycles. The Balaban J connectivity index is 0.00000338. The zero-order chi connectivity index (χ0) is 31.5. The monoisotopic (exact) mass is 784 g/mol. The van der Waals surface area contributed by atoms with E-state index in [0.29, 0.717) is 0 Å². The third-order valence-electron chi connectivity index (χ3n) is 10.4. The van der Waals surface area contributed by atoms with Crippen LogP contribution in [0.5, 0.6) is 5.75 Å². The number of aromatic hydroxyl groups is 1. The number of imidazole rings is 1. The molecule has 0 saturated carbocycles. The van der Waals surface area contributed by atoms with Crippen molar-refractivity contribution >= 4 is 33.0 Å². The van der Waals surface area contributed by atoms with Crippen LogP contribution >= 0.6 is 0 Å². The molecule has 234 valence electrons. The Morgan fingerprint density at radius 2 is 1.52 bits per heavy atom. The maximum atomic E-state index is 11.2. The van der Waals surface area contributed by atoms with Crippen molar-refractivity contribution in [3.8, 4) is 34.0 Å². The quantitative estimate of drug-likeness (QED) is 0.178. The van der Waals surface area contributed by atoms with Crippen molar-refractivity contribution in [3.63, 3.8) is 0 Å². The minimum absolute atomic E-state index is 0. The van der Waals surface area contributed by atoms with E-state index in [4.69, 9.17) is 9.97 Å². The molecule has 0 unspecified atom stereocenters. The Hall–Kier alpha value is -4.21. The molecule has 0 saturated heterocycles. The molecule has 1 aliphatic rings. The molecule has 0 aliphatic carbocycles. The van der Waals surface area contributed by atoms with Gasteiger partial charge in [0.05, 0.1) is 27.7 Å². The summed E-state index contributed by atoms with van der Waals surface area (Å²) in [5, 5.41) is 13.5. The van der Waals surface area contributed by atoms with E-state index in [-0.39, 0.29) is 43.2 Å². The van der Waals surface area contributed by atoms with Gasteiger partial charge in [0.2, 0.25) is 0 Å². The summed E-state index contributed by atoms with van der Waals surface area (Å²) in [6.45, 7) is 15.8. The third-order valence-corrected chi connectivity index (χ3v) is 10.4. The first-order valence-electron chi connectivity index (χ1n) is 15.7. The van der Waals surface area contributed by atoms with Crippen molar-refractivity contribution in [1.29, 1.82) is 0 Å². The second kappa shape index (κ2) is 10.1. The molecule has 4 aromatic carbocycles. The molecule has 3 aromatic heterocycles. The second-order valence-corrected chi connectivity index (χ2v) is 14.5. The van der Waals surface area contributed by atoms with Gasteiger partial charge in [0.15, 0.2) is 0 Å². The zero-order valence-electron chi connectivity index (χ0n) is 27.2. The molecule has 0 spiro atoms. The van der Waals surface area contributed by atoms with Gasteiger partial charge in [-0.05, 0) is 60.8 Å². The predicted octanol–water partition coefficient (Wildman–Crippen LogP) is 9.69. The van der Waals surface area contributed by atoms with Gasteiger partial charge < -0.3 is 14.2 Å². The van der Waals surface area contributed by atoms with Crippen LogP contribution in [0.25, 0.3) is 61.2 Å². The van der Waals surface area contributed by atoms with E-state index in [1.54, 1.807) is 6.07 Å². The average Bonchev–Trinajstić information content (AvgIpc) is 3.56. The van der Waals surface area contributed by atoms with E-state index in [1.165, 1.54) is 10.9 Å². The summed E-state index contributed by atoms with van der Waals surface area (Å²) in [5.41, 5.74) is 9.37. The average molecular weight is 785 g/mol. The number of benzene rings is 4. The molecule has 0 radical (unpaired) electrons. The fourth-order valence-corrected chi connectivity index (χ4v) is 7.25. The molecule has 0 bridgehead atoms. The molecular formula is C40H37N4OPt-. The number of phenolic OH excluding ortho intramolecular Hbond substituents is 1. The summed E-state index contributed by atoms with van der Waals surface area (Å²) >= 11 is 0. The SMILES string of the molecule is CC(C)(C)c1cc(-c2cccc3c2nc2n3C(C)(C)C(C)(C)c3cccc(O)c3-2)[c-]c(-n2c3ccccc3c3cccnc32)c1.[Pt]. The van der Waals surface area contributed by atoms with Crippen LogP contribution in [0.1, 0.15) is 59.6 Å². The van der Waals surface area contributed by atoms with Crippen molar-refractivity contribution < 1.29 is 26.2 Å². The summed E-state index contributed by atoms with van der Waals surface area (Å²) in [6, 6.07) is 33.2. The van der Waals surface area contributed by atoms with Crippen molar-refractivity contribution in [2.24, 2.45) is 0 Å². The molecule has 6 heteroatoms. The Morgan fingerprint density at radius 3 is 2.30 bits per heavy atom. The Labute approximate surface area is 284 Å². The molecule has 0 fully saturated rings. The van der Waals surface area contributed by atoms with Gasteiger partial charge in [0.25, 0.3) is 0 Å². The Morgan fingerprint density at radius 1 is 0.804 bits per heavy atom. The van der Waals surface area contributed by atoms with Gasteiger partial charge in [-0.3, -0.25) is 0 Å². The van der Waals surface area contributed by atoms with Gasteiger partial charge in [0.1, 0.15) is 17.2 Å². The molecule has 5 nitrogen and oxygen atoms in total. The standard InChI is InChI=1S/C40H37N4O.Pt/c1-38(2,3)25-21-24(22-26(23-25)43-31-17-9-8-13-28(31)29-15-12-20-41-36(29)43)27-14-10-18-32-35(27)42-37-34-30(16-11-19-33(34)45)39(4,5)40(6,7)44(32)37;/h8-21,23,45H,1-7H3;/q-1;. The summed E-state index contributed by atoms with van der Waals surface area (Å²) < 4.78 is 4.57. The number of pyridine rings is 1. The number of hydrogen-bond acceptors (Lipinski definition) is 3. The van der Waals surface area contributed by atoms with Crippen molar-refractivity contribution in [2.45, 2.75) is 64.8 Å². The Kier molecular flexibility index (Phi) is 6.71. The minimum Gasteiger partial charge on any atom is -0.507 e. The number of phenols is 1. The van der Waals surface area contributed by atoms with E-state index in [1.807, 2.05) is 18.3 Å². The van der Waals surface area contributed by atoms with Crippen LogP contribution in [-0.2, 0) is 37.4 Å². The van der Waals surface area contributed by atoms with E-state index in [9.17, 15) is 5.11 Å². The molecule has 7 aromatic rings. The number of para-hydroxylation sites is 2. The molecule has 8 rings (SSSR count). The molecular weight excluding hydrogens is 748 g/mol. The van der Waals surface area contributed by atoms with Crippen LogP contribution in [0.4, 0.5) is 0 Å². The van der Waals surface area contributed by atoms with Gasteiger partial charge in [-0.15, -0.1) is 29.3 Å². The summed E-state index contributed by atoms with van der Waals surface area (Å²) in [7, 11) is 0. The zero-order valence-corrected chi connectivity index (χ0v) is 29.5. The summed E-state index contributed by atoms with van der Waals surface area (Å²) in [5.74, 6) is 1.06. The van der Waals surface area contributed by atoms with Crippen LogP contribution in [0, 0.1) is 6.07 Å². The van der Waals surface area contributed by atoms with Crippen molar-refractivity contribution in [2.75, 3.05) is 0 Å². The smallest absolute Gasteiger partial charge is 0.144 e. The number of rotatable bonds is 2. The minimum atomic E-state index is -0.312. The first-order chi connectivity index (χ1) is 21.4. The first kappa shape index (κ1) is 30.4. The number of aromatic nitrogens is 4. The van der Waals surface area contributed by atoms with Gasteiger partial charge in [-0.2, -0.15) is 0 Å². The van der Waals surface area contributed by atoms with Crippen molar-refractivity contribution in [1.82, 2.24) is 19.1 Å². The van der Waals surface area contributed by atoms with E-state index < -0.39 is 0 Å². The molecule has 4 heterocycles. The first-order valence-corrected chi connectivity index (χ1v) is 15.7. The van der Waals surface area contributed by atoms with Gasteiger partial charge >= 0.3 is 0 Å². The molecule has 0 atom stereocenters. The number of hydrogen-bond donors (Lipinski definition) is 1. The Bertz CT molecular complexity index is 2280. The van der Waals surface area contributed by atoms with Gasteiger partial charge in [0, 0.05) is 43.4 Å². The second-order valence-electron chi connectivity index (χ2n) is 14.5. The predicted molar refractivity (Wildman–Crippen MR) is 184 cm³/mol. The molecule has 1 N–H and O–H groups in total. The van der Waals surface area contributed by atoms with Gasteiger partial charge in [-0.25, -0.2) is 9.97 Å².